The fourth-order valence-corrected chi connectivity index (χ4v) is 3.04. The molecule has 2 aromatic rings. The highest BCUT2D eigenvalue weighted by molar-refractivity contribution is 5.93. The standard InChI is InChI=1S/C15H15N3O5/c1-22-11-5-4-9-13(17-11)12(10(8-16-9)18(20)21)15(6-3-7-15)14(19)23-2/h4-5,8H,3,6-7H2,1-2H3. The number of carbonyl (C=O) groups is 1. The first-order valence-corrected chi connectivity index (χ1v) is 7.10. The molecular weight excluding hydrogens is 302 g/mol. The van der Waals surface area contributed by atoms with Crippen molar-refractivity contribution in [2.45, 2.75) is 24.7 Å². The number of nitro groups is 1. The van der Waals surface area contributed by atoms with Crippen LogP contribution in [0, 0.1) is 10.1 Å². The summed E-state index contributed by atoms with van der Waals surface area (Å²) in [4.78, 5) is 31.7. The lowest BCUT2D eigenvalue weighted by Gasteiger charge is -2.38. The van der Waals surface area contributed by atoms with Crippen LogP contribution in [0.5, 0.6) is 5.88 Å². The molecular formula is C15H15N3O5. The number of hydrogen-bond donors (Lipinski definition) is 0. The number of pyridine rings is 2. The highest BCUT2D eigenvalue weighted by Crippen LogP contribution is 2.49. The number of fused-ring (bicyclic) bond motifs is 1. The van der Waals surface area contributed by atoms with Crippen molar-refractivity contribution in [3.8, 4) is 5.88 Å². The molecule has 1 aliphatic rings. The minimum Gasteiger partial charge on any atom is -0.481 e. The molecule has 3 rings (SSSR count). The van der Waals surface area contributed by atoms with Crippen molar-refractivity contribution in [2.75, 3.05) is 14.2 Å². The van der Waals surface area contributed by atoms with Crippen LogP contribution < -0.4 is 4.74 Å². The van der Waals surface area contributed by atoms with Gasteiger partial charge in [-0.2, -0.15) is 0 Å². The summed E-state index contributed by atoms with van der Waals surface area (Å²) in [7, 11) is 2.74. The van der Waals surface area contributed by atoms with Gasteiger partial charge in [0.15, 0.2) is 0 Å². The summed E-state index contributed by atoms with van der Waals surface area (Å²) in [6, 6.07) is 3.29. The van der Waals surface area contributed by atoms with Gasteiger partial charge < -0.3 is 9.47 Å². The number of esters is 1. The first kappa shape index (κ1) is 15.1. The Kier molecular flexibility index (Phi) is 3.59. The van der Waals surface area contributed by atoms with Gasteiger partial charge in [0, 0.05) is 6.07 Å². The average Bonchev–Trinajstić information content (AvgIpc) is 2.52. The van der Waals surface area contributed by atoms with Crippen molar-refractivity contribution in [3.63, 3.8) is 0 Å². The highest BCUT2D eigenvalue weighted by Gasteiger charge is 2.52. The second-order valence-corrected chi connectivity index (χ2v) is 5.42. The van der Waals surface area contributed by atoms with E-state index in [2.05, 4.69) is 9.97 Å². The molecule has 1 aliphatic carbocycles. The van der Waals surface area contributed by atoms with Gasteiger partial charge in [-0.25, -0.2) is 9.97 Å². The second kappa shape index (κ2) is 5.45. The first-order chi connectivity index (χ1) is 11.0. The van der Waals surface area contributed by atoms with Crippen molar-refractivity contribution >= 4 is 22.7 Å². The number of nitrogens with zero attached hydrogens (tertiary/aromatic N) is 3. The third kappa shape index (κ3) is 2.18. The molecule has 0 amide bonds. The second-order valence-electron chi connectivity index (χ2n) is 5.42. The zero-order chi connectivity index (χ0) is 16.6. The Hall–Kier alpha value is -2.77. The lowest BCUT2D eigenvalue weighted by atomic mass is 9.63. The van der Waals surface area contributed by atoms with Gasteiger partial charge in [-0.3, -0.25) is 14.9 Å². The number of carbonyl (C=O) groups excluding carboxylic acids is 1. The minimum absolute atomic E-state index is 0.219. The van der Waals surface area contributed by atoms with Crippen LogP contribution in [-0.4, -0.2) is 35.1 Å². The molecule has 0 aromatic carbocycles. The summed E-state index contributed by atoms with van der Waals surface area (Å²) < 4.78 is 10.0. The molecule has 0 N–H and O–H groups in total. The van der Waals surface area contributed by atoms with E-state index in [0.717, 1.165) is 6.42 Å². The summed E-state index contributed by atoms with van der Waals surface area (Å²) in [5.41, 5.74) is -0.212. The van der Waals surface area contributed by atoms with E-state index in [0.29, 0.717) is 29.8 Å². The summed E-state index contributed by atoms with van der Waals surface area (Å²) in [6.45, 7) is 0. The Labute approximate surface area is 131 Å². The fourth-order valence-electron chi connectivity index (χ4n) is 3.04. The van der Waals surface area contributed by atoms with E-state index < -0.39 is 16.3 Å². The van der Waals surface area contributed by atoms with Gasteiger partial charge >= 0.3 is 5.97 Å². The van der Waals surface area contributed by atoms with E-state index in [1.54, 1.807) is 12.1 Å². The maximum atomic E-state index is 12.4. The van der Waals surface area contributed by atoms with Crippen molar-refractivity contribution in [1.29, 1.82) is 0 Å². The predicted molar refractivity (Wildman–Crippen MR) is 80.3 cm³/mol. The van der Waals surface area contributed by atoms with Crippen LogP contribution in [0.1, 0.15) is 24.8 Å². The van der Waals surface area contributed by atoms with Crippen LogP contribution in [0.4, 0.5) is 5.69 Å². The van der Waals surface area contributed by atoms with E-state index in [1.807, 2.05) is 0 Å². The highest BCUT2D eigenvalue weighted by atomic mass is 16.6. The molecule has 0 saturated heterocycles. The SMILES string of the molecule is COC(=O)C1(c2c([N+](=O)[O-])cnc3ccc(OC)nc23)CCC1. The molecule has 0 spiro atoms. The van der Waals surface area contributed by atoms with E-state index >= 15 is 0 Å². The van der Waals surface area contributed by atoms with Crippen molar-refractivity contribution in [2.24, 2.45) is 0 Å². The van der Waals surface area contributed by atoms with Gasteiger partial charge in [0.25, 0.3) is 5.69 Å². The third-order valence-corrected chi connectivity index (χ3v) is 4.33. The van der Waals surface area contributed by atoms with Crippen molar-refractivity contribution < 1.29 is 19.2 Å². The quantitative estimate of drug-likeness (QED) is 0.483. The molecule has 1 fully saturated rings. The molecule has 0 aliphatic heterocycles. The summed E-state index contributed by atoms with van der Waals surface area (Å²) in [5.74, 6) is -0.177. The lowest BCUT2D eigenvalue weighted by molar-refractivity contribution is -0.386. The Bertz CT molecular complexity index is 801. The zero-order valence-electron chi connectivity index (χ0n) is 12.7. The third-order valence-electron chi connectivity index (χ3n) is 4.33. The maximum absolute atomic E-state index is 12.4. The Morgan fingerprint density at radius 3 is 2.61 bits per heavy atom. The minimum atomic E-state index is -1.04. The van der Waals surface area contributed by atoms with Gasteiger partial charge in [0.1, 0.15) is 17.1 Å². The van der Waals surface area contributed by atoms with E-state index in [-0.39, 0.29) is 11.3 Å². The van der Waals surface area contributed by atoms with Gasteiger partial charge in [0.05, 0.1) is 30.2 Å². The molecule has 23 heavy (non-hydrogen) atoms. The van der Waals surface area contributed by atoms with Crippen molar-refractivity contribution in [1.82, 2.24) is 9.97 Å². The van der Waals surface area contributed by atoms with E-state index in [4.69, 9.17) is 9.47 Å². The molecule has 120 valence electrons. The molecule has 1 saturated carbocycles. The molecule has 2 aromatic heterocycles. The fraction of sp³-hybridized carbons (Fsp3) is 0.400. The number of methoxy groups -OCH3 is 2. The Balaban J connectivity index is 2.37. The number of rotatable bonds is 4. The van der Waals surface area contributed by atoms with Crippen LogP contribution in [0.3, 0.4) is 0 Å². The smallest absolute Gasteiger partial charge is 0.316 e. The average molecular weight is 317 g/mol. The van der Waals surface area contributed by atoms with Crippen molar-refractivity contribution in [3.05, 3.63) is 34.0 Å². The molecule has 0 unspecified atom stereocenters. The molecule has 0 atom stereocenters. The van der Waals surface area contributed by atoms with Crippen LogP contribution in [0.2, 0.25) is 0 Å². The van der Waals surface area contributed by atoms with E-state index in [1.165, 1.54) is 20.4 Å². The van der Waals surface area contributed by atoms with Gasteiger partial charge in [-0.1, -0.05) is 6.42 Å². The van der Waals surface area contributed by atoms with Crippen LogP contribution in [-0.2, 0) is 14.9 Å². The van der Waals surface area contributed by atoms with Crippen LogP contribution in [0.15, 0.2) is 18.3 Å². The summed E-state index contributed by atoms with van der Waals surface area (Å²) in [5, 5.41) is 11.5. The molecule has 0 bridgehead atoms. The molecule has 8 nitrogen and oxygen atoms in total. The summed E-state index contributed by atoms with van der Waals surface area (Å²) >= 11 is 0. The summed E-state index contributed by atoms with van der Waals surface area (Å²) in [6.07, 6.45) is 2.94. The Morgan fingerprint density at radius 1 is 1.35 bits per heavy atom. The molecule has 0 radical (unpaired) electrons. The molecule has 8 heteroatoms. The van der Waals surface area contributed by atoms with Gasteiger partial charge in [-0.05, 0) is 18.9 Å². The number of ether oxygens (including phenoxy) is 2. The Morgan fingerprint density at radius 2 is 2.09 bits per heavy atom. The normalized spacial score (nSPS) is 15.7. The number of hydrogen-bond acceptors (Lipinski definition) is 7. The topological polar surface area (TPSA) is 104 Å². The van der Waals surface area contributed by atoms with Crippen LogP contribution in [0.25, 0.3) is 11.0 Å². The maximum Gasteiger partial charge on any atom is 0.316 e. The monoisotopic (exact) mass is 317 g/mol. The largest absolute Gasteiger partial charge is 0.481 e. The zero-order valence-corrected chi connectivity index (χ0v) is 12.7. The van der Waals surface area contributed by atoms with Gasteiger partial charge in [-0.15, -0.1) is 0 Å². The van der Waals surface area contributed by atoms with Gasteiger partial charge in [0.2, 0.25) is 5.88 Å². The first-order valence-electron chi connectivity index (χ1n) is 7.10. The predicted octanol–water partition coefficient (Wildman–Crippen LogP) is 2.14. The molecule has 2 heterocycles. The lowest BCUT2D eigenvalue weighted by Crippen LogP contribution is -2.44. The van der Waals surface area contributed by atoms with E-state index in [9.17, 15) is 14.9 Å². The van der Waals surface area contributed by atoms with Crippen LogP contribution >= 0.6 is 0 Å². The number of aromatic nitrogens is 2.